The number of aryl methyl sites for hydroxylation is 1. The van der Waals surface area contributed by atoms with Crippen molar-refractivity contribution >= 4 is 5.91 Å². The lowest BCUT2D eigenvalue weighted by molar-refractivity contribution is -0.133. The first kappa shape index (κ1) is 15.6. The highest BCUT2D eigenvalue weighted by Crippen LogP contribution is 2.14. The highest BCUT2D eigenvalue weighted by Gasteiger charge is 2.22. The zero-order valence-electron chi connectivity index (χ0n) is 13.6. The fourth-order valence-corrected chi connectivity index (χ4v) is 2.77. The van der Waals surface area contributed by atoms with Gasteiger partial charge in [0.15, 0.2) is 0 Å². The summed E-state index contributed by atoms with van der Waals surface area (Å²) in [6.07, 6.45) is 1.98. The molecule has 0 unspecified atom stereocenters. The van der Waals surface area contributed by atoms with Crippen LogP contribution in [0.25, 0.3) is 11.4 Å². The number of amides is 1. The van der Waals surface area contributed by atoms with Gasteiger partial charge >= 0.3 is 0 Å². The number of benzene rings is 1. The molecule has 23 heavy (non-hydrogen) atoms. The predicted molar refractivity (Wildman–Crippen MR) is 86.7 cm³/mol. The minimum absolute atomic E-state index is 0.0485. The van der Waals surface area contributed by atoms with Crippen LogP contribution in [0.2, 0.25) is 0 Å². The molecule has 2 aromatic rings. The Morgan fingerprint density at radius 1 is 1.26 bits per heavy atom. The minimum atomic E-state index is 0.0485. The molecule has 3 rings (SSSR count). The number of likely N-dealkylation sites (tertiary alicyclic amines) is 1. The summed E-state index contributed by atoms with van der Waals surface area (Å²) in [5, 5.41) is 15.6. The lowest BCUT2D eigenvalue weighted by Crippen LogP contribution is -2.45. The molecule has 1 aliphatic rings. The first-order valence-electron chi connectivity index (χ1n) is 7.95. The van der Waals surface area contributed by atoms with Gasteiger partial charge in [-0.2, -0.15) is 4.80 Å². The summed E-state index contributed by atoms with van der Waals surface area (Å²) >= 11 is 0. The zero-order chi connectivity index (χ0) is 16.2. The van der Waals surface area contributed by atoms with Crippen LogP contribution in [0.4, 0.5) is 0 Å². The molecule has 1 N–H and O–H groups in total. The number of nitrogens with one attached hydrogen (secondary N) is 1. The molecular weight excluding hydrogens is 292 g/mol. The number of carbonyl (C=O) groups excluding carboxylic acids is 1. The molecule has 122 valence electrons. The SMILES string of the molecule is CNC1CCN(C(=O)Cn2nnc(-c3ccc(C)cc3)n2)CC1. The second-order valence-corrected chi connectivity index (χ2v) is 5.95. The van der Waals surface area contributed by atoms with Crippen molar-refractivity contribution < 1.29 is 4.79 Å². The molecule has 0 bridgehead atoms. The summed E-state index contributed by atoms with van der Waals surface area (Å²) in [6, 6.07) is 8.44. The van der Waals surface area contributed by atoms with Gasteiger partial charge in [0, 0.05) is 24.7 Å². The van der Waals surface area contributed by atoms with Crippen molar-refractivity contribution in [3.63, 3.8) is 0 Å². The molecule has 0 radical (unpaired) electrons. The van der Waals surface area contributed by atoms with E-state index in [0.717, 1.165) is 31.5 Å². The number of hydrogen-bond acceptors (Lipinski definition) is 5. The van der Waals surface area contributed by atoms with Crippen molar-refractivity contribution in [2.24, 2.45) is 0 Å². The summed E-state index contributed by atoms with van der Waals surface area (Å²) in [4.78, 5) is 15.6. The summed E-state index contributed by atoms with van der Waals surface area (Å²) in [7, 11) is 1.97. The van der Waals surface area contributed by atoms with Crippen LogP contribution in [-0.4, -0.2) is 57.2 Å². The van der Waals surface area contributed by atoms with Gasteiger partial charge in [0.2, 0.25) is 11.7 Å². The number of tetrazole rings is 1. The van der Waals surface area contributed by atoms with Crippen LogP contribution in [-0.2, 0) is 11.3 Å². The third-order valence-electron chi connectivity index (χ3n) is 4.30. The van der Waals surface area contributed by atoms with E-state index < -0.39 is 0 Å². The third-order valence-corrected chi connectivity index (χ3v) is 4.30. The monoisotopic (exact) mass is 314 g/mol. The van der Waals surface area contributed by atoms with Crippen LogP contribution in [0.1, 0.15) is 18.4 Å². The molecule has 0 saturated carbocycles. The van der Waals surface area contributed by atoms with E-state index in [0.29, 0.717) is 11.9 Å². The first-order chi connectivity index (χ1) is 11.2. The van der Waals surface area contributed by atoms with E-state index in [4.69, 9.17) is 0 Å². The zero-order valence-corrected chi connectivity index (χ0v) is 13.6. The van der Waals surface area contributed by atoms with E-state index in [1.807, 2.05) is 43.1 Å². The maximum absolute atomic E-state index is 12.3. The van der Waals surface area contributed by atoms with Gasteiger partial charge in [-0.1, -0.05) is 29.8 Å². The van der Waals surface area contributed by atoms with Gasteiger partial charge in [0.25, 0.3) is 0 Å². The van der Waals surface area contributed by atoms with E-state index in [2.05, 4.69) is 20.7 Å². The summed E-state index contributed by atoms with van der Waals surface area (Å²) in [6.45, 7) is 3.74. The van der Waals surface area contributed by atoms with Crippen molar-refractivity contribution in [1.29, 1.82) is 0 Å². The Morgan fingerprint density at radius 2 is 1.96 bits per heavy atom. The number of nitrogens with zero attached hydrogens (tertiary/aromatic N) is 5. The van der Waals surface area contributed by atoms with E-state index in [-0.39, 0.29) is 12.5 Å². The Hall–Kier alpha value is -2.28. The van der Waals surface area contributed by atoms with Crippen LogP contribution in [0.15, 0.2) is 24.3 Å². The van der Waals surface area contributed by atoms with Gasteiger partial charge in [-0.25, -0.2) is 0 Å². The lowest BCUT2D eigenvalue weighted by Gasteiger charge is -2.31. The fourth-order valence-electron chi connectivity index (χ4n) is 2.77. The Kier molecular flexibility index (Phi) is 4.66. The molecule has 1 aromatic heterocycles. The molecule has 0 spiro atoms. The molecule has 0 aliphatic carbocycles. The van der Waals surface area contributed by atoms with Gasteiger partial charge in [-0.15, -0.1) is 10.2 Å². The second kappa shape index (κ2) is 6.87. The molecule has 7 heteroatoms. The first-order valence-corrected chi connectivity index (χ1v) is 7.95. The van der Waals surface area contributed by atoms with Gasteiger partial charge in [-0.05, 0) is 32.0 Å². The molecular formula is C16H22N6O. The standard InChI is InChI=1S/C16H22N6O/c1-12-3-5-13(6-4-12)16-18-20-22(19-16)11-15(23)21-9-7-14(17-2)8-10-21/h3-6,14,17H,7-11H2,1-2H3. The molecule has 1 fully saturated rings. The highest BCUT2D eigenvalue weighted by molar-refractivity contribution is 5.75. The highest BCUT2D eigenvalue weighted by atomic mass is 16.2. The fraction of sp³-hybridized carbons (Fsp3) is 0.500. The molecule has 1 aromatic carbocycles. The van der Waals surface area contributed by atoms with E-state index in [1.54, 1.807) is 0 Å². The molecule has 7 nitrogen and oxygen atoms in total. The number of piperidine rings is 1. The van der Waals surface area contributed by atoms with Crippen molar-refractivity contribution in [2.75, 3.05) is 20.1 Å². The van der Waals surface area contributed by atoms with E-state index in [9.17, 15) is 4.79 Å². The minimum Gasteiger partial charge on any atom is -0.341 e. The normalized spacial score (nSPS) is 15.8. The van der Waals surface area contributed by atoms with Crippen LogP contribution in [0.3, 0.4) is 0 Å². The van der Waals surface area contributed by atoms with Crippen LogP contribution in [0, 0.1) is 6.92 Å². The molecule has 1 saturated heterocycles. The summed E-state index contributed by atoms with van der Waals surface area (Å²) < 4.78 is 0. The Labute approximate surface area is 135 Å². The largest absolute Gasteiger partial charge is 0.341 e. The van der Waals surface area contributed by atoms with Gasteiger partial charge in [0.05, 0.1) is 0 Å². The Bertz CT molecular complexity index is 657. The number of hydrogen-bond donors (Lipinski definition) is 1. The van der Waals surface area contributed by atoms with Crippen molar-refractivity contribution in [3.8, 4) is 11.4 Å². The number of aromatic nitrogens is 4. The average molecular weight is 314 g/mol. The van der Waals surface area contributed by atoms with Gasteiger partial charge in [0.1, 0.15) is 6.54 Å². The smallest absolute Gasteiger partial charge is 0.246 e. The Morgan fingerprint density at radius 3 is 2.61 bits per heavy atom. The lowest BCUT2D eigenvalue weighted by atomic mass is 10.1. The Balaban J connectivity index is 1.60. The van der Waals surface area contributed by atoms with Gasteiger partial charge in [-0.3, -0.25) is 4.79 Å². The van der Waals surface area contributed by atoms with Gasteiger partial charge < -0.3 is 10.2 Å². The third kappa shape index (κ3) is 3.73. The van der Waals surface area contributed by atoms with Crippen LogP contribution < -0.4 is 5.32 Å². The average Bonchev–Trinajstić information content (AvgIpc) is 3.04. The maximum atomic E-state index is 12.3. The van der Waals surface area contributed by atoms with Crippen molar-refractivity contribution in [1.82, 2.24) is 30.4 Å². The molecule has 2 heterocycles. The summed E-state index contributed by atoms with van der Waals surface area (Å²) in [5.41, 5.74) is 2.09. The van der Waals surface area contributed by atoms with E-state index >= 15 is 0 Å². The number of carbonyl (C=O) groups is 1. The number of rotatable bonds is 4. The van der Waals surface area contributed by atoms with Crippen molar-refractivity contribution in [3.05, 3.63) is 29.8 Å². The van der Waals surface area contributed by atoms with E-state index in [1.165, 1.54) is 10.4 Å². The molecule has 0 atom stereocenters. The molecule has 1 aliphatic heterocycles. The maximum Gasteiger partial charge on any atom is 0.246 e. The van der Waals surface area contributed by atoms with Crippen molar-refractivity contribution in [2.45, 2.75) is 32.4 Å². The summed E-state index contributed by atoms with van der Waals surface area (Å²) in [5.74, 6) is 0.596. The second-order valence-electron chi connectivity index (χ2n) is 5.95. The topological polar surface area (TPSA) is 75.9 Å². The quantitative estimate of drug-likeness (QED) is 0.906. The van der Waals surface area contributed by atoms with Crippen LogP contribution >= 0.6 is 0 Å². The van der Waals surface area contributed by atoms with Crippen LogP contribution in [0.5, 0.6) is 0 Å². The predicted octanol–water partition coefficient (Wildman–Crippen LogP) is 0.859. The molecule has 1 amide bonds.